The van der Waals surface area contributed by atoms with E-state index in [9.17, 15) is 57.5 Å². The average molecular weight is 1560 g/mol. The summed E-state index contributed by atoms with van der Waals surface area (Å²) in [6.45, 7) is 5.36. The molecule has 2 aliphatic heterocycles. The van der Waals surface area contributed by atoms with Gasteiger partial charge in [0.05, 0.1) is 45.3 Å². The number of carbonyl (C=O) groups is 11. The number of Topliss-reactive ketones (excluding diaryl/α,β-unsaturated/α-hetero) is 2. The van der Waals surface area contributed by atoms with E-state index in [1.54, 1.807) is 0 Å². The predicted molar refractivity (Wildman–Crippen MR) is 306 cm³/mol. The van der Waals surface area contributed by atoms with Crippen LogP contribution in [0.2, 0.25) is 0 Å². The van der Waals surface area contributed by atoms with Crippen LogP contribution >= 0.6 is 0 Å². The molecule has 0 spiro atoms. The van der Waals surface area contributed by atoms with Gasteiger partial charge in [-0.25, -0.2) is 0 Å². The molecule has 486 valence electrons. The molecule has 2 unspecified atom stereocenters. The molecular weight excluding hydrogens is 1460 g/mol. The Morgan fingerprint density at radius 1 is 0.560 bits per heavy atom. The zero-order chi connectivity index (χ0) is 59.8. The van der Waals surface area contributed by atoms with Crippen LogP contribution in [0.3, 0.4) is 0 Å². The fourth-order valence-electron chi connectivity index (χ4n) is 8.99. The van der Waals surface area contributed by atoms with Crippen molar-refractivity contribution < 1.29 is 130 Å². The minimum atomic E-state index is -1.03. The fourth-order valence-corrected chi connectivity index (χ4v) is 8.99. The van der Waals surface area contributed by atoms with Gasteiger partial charge in [0.2, 0.25) is 5.91 Å². The van der Waals surface area contributed by atoms with Gasteiger partial charge in [0.15, 0.2) is 0 Å². The Morgan fingerprint density at radius 3 is 1.27 bits per heavy atom. The van der Waals surface area contributed by atoms with Gasteiger partial charge in [-0.15, -0.1) is 0 Å². The molecule has 0 aromatic carbocycles. The number of ether oxygens (including phenoxy) is 2. The van der Waals surface area contributed by atoms with Gasteiger partial charge in [-0.3, -0.25) is 67.3 Å². The summed E-state index contributed by atoms with van der Waals surface area (Å²) in [4.78, 5) is 139. The van der Waals surface area contributed by atoms with E-state index in [0.717, 1.165) is 19.3 Å². The van der Waals surface area contributed by atoms with Crippen molar-refractivity contribution in [2.75, 3.05) is 40.4 Å². The molecule has 6 atom stereocenters. The summed E-state index contributed by atoms with van der Waals surface area (Å²) in [7, 11) is 2.56. The molecule has 0 aromatic heterocycles. The molecule has 12 N–H and O–H groups in total. The molecule has 4 rings (SSSR count). The van der Waals surface area contributed by atoms with Crippen LogP contribution in [0.4, 0.5) is 0 Å². The summed E-state index contributed by atoms with van der Waals surface area (Å²) < 4.78 is 9.59. The SMILES string of the molecule is COC(=O)C(CCCCNC(=O)CCC(=O)O)CC(=O)CCCCCN1C(=O)C=CC1=O.COC(=O)C(CCCCNC(=[OH+])CCC(=O)O)CC(=O)CCCCCN1C(=O)C=CC1=O.O.O.[CH2-][C@@H]1CCCC[C@H]1[NH-].[NH-][C@@H]1CCCC[C@H]1[NH-].[Pt+2].[Pt]. The molecule has 2 aliphatic carbocycles. The van der Waals surface area contributed by atoms with Crippen LogP contribution in [0.5, 0.6) is 0 Å². The van der Waals surface area contributed by atoms with Crippen LogP contribution in [0.15, 0.2) is 24.3 Å². The van der Waals surface area contributed by atoms with Gasteiger partial charge in [-0.1, -0.05) is 77.0 Å². The minimum Gasteiger partial charge on any atom is -0.677 e. The number of aliphatic carboxylic acids is 2. The average Bonchev–Trinajstić information content (AvgIpc) is 3.95. The smallest absolute Gasteiger partial charge is 0.677 e. The number of nitrogens with one attached hydrogen (secondary N) is 5. The Balaban J connectivity index is -0.000000577. The molecule has 4 aliphatic rings. The maximum Gasteiger partial charge on any atom is 2.00 e. The third kappa shape index (κ3) is 40.4. The van der Waals surface area contributed by atoms with E-state index in [-0.39, 0.29) is 157 Å². The molecule has 2 saturated carbocycles. The summed E-state index contributed by atoms with van der Waals surface area (Å²) in [6.07, 6.45) is 21.7. The predicted octanol–water partition coefficient (Wildman–Crippen LogP) is 5.90. The molecule has 25 nitrogen and oxygen atoms in total. The van der Waals surface area contributed by atoms with E-state index < -0.39 is 35.7 Å². The molecule has 0 radical (unpaired) electrons. The maximum absolute atomic E-state index is 12.3. The molecule has 2 fully saturated rings. The van der Waals surface area contributed by atoms with Crippen molar-refractivity contribution in [3.63, 3.8) is 0 Å². The van der Waals surface area contributed by atoms with Gasteiger partial charge in [0.1, 0.15) is 11.6 Å². The third-order valence-corrected chi connectivity index (χ3v) is 13.9. The fraction of sp³-hybridized carbons (Fsp3) is 0.702. The van der Waals surface area contributed by atoms with Gasteiger partial charge in [0, 0.05) is 104 Å². The van der Waals surface area contributed by atoms with E-state index in [4.69, 9.17) is 36.9 Å². The summed E-state index contributed by atoms with van der Waals surface area (Å²) in [6, 6.07) is -0.0174. The first-order valence-electron chi connectivity index (χ1n) is 28.3. The van der Waals surface area contributed by atoms with Crippen LogP contribution in [0.25, 0.3) is 17.2 Å². The van der Waals surface area contributed by atoms with Crippen LogP contribution in [0.1, 0.15) is 180 Å². The summed E-state index contributed by atoms with van der Waals surface area (Å²) in [5.74, 6) is -5.27. The number of nitrogens with zero attached hydrogens (tertiary/aromatic N) is 2. The van der Waals surface area contributed by atoms with Crippen LogP contribution in [-0.4, -0.2) is 165 Å². The molecule has 0 aromatic rings. The monoisotopic (exact) mass is 1550 g/mol. The number of carboxylic acids is 2. The van der Waals surface area contributed by atoms with Crippen molar-refractivity contribution in [1.29, 1.82) is 0 Å². The number of imide groups is 2. The van der Waals surface area contributed by atoms with Crippen molar-refractivity contribution in [2.45, 2.75) is 198 Å². The largest absolute Gasteiger partial charge is 2.00 e. The maximum atomic E-state index is 12.3. The van der Waals surface area contributed by atoms with Crippen molar-refractivity contribution in [3.05, 3.63) is 48.4 Å². The summed E-state index contributed by atoms with van der Waals surface area (Å²) in [5.41, 5.74) is 22.0. The number of hydrogen-bond acceptors (Lipinski definition) is 13. The van der Waals surface area contributed by atoms with Crippen molar-refractivity contribution in [3.8, 4) is 0 Å². The first-order chi connectivity index (χ1) is 38.1. The van der Waals surface area contributed by atoms with Gasteiger partial charge in [-0.05, 0) is 51.4 Å². The number of rotatable bonds is 34. The van der Waals surface area contributed by atoms with Crippen molar-refractivity contribution in [2.24, 2.45) is 17.8 Å². The Bertz CT molecular complexity index is 1880. The number of methoxy groups -OCH3 is 2. The molecule has 84 heavy (non-hydrogen) atoms. The third-order valence-electron chi connectivity index (χ3n) is 13.9. The topological polar surface area (TPSA) is 433 Å². The number of amides is 6. The van der Waals surface area contributed by atoms with E-state index >= 15 is 0 Å². The zero-order valence-corrected chi connectivity index (χ0v) is 53.3. The molecule has 0 bridgehead atoms. The van der Waals surface area contributed by atoms with Crippen molar-refractivity contribution in [1.82, 2.24) is 20.4 Å². The Labute approximate surface area is 523 Å². The van der Waals surface area contributed by atoms with Crippen LogP contribution in [-0.2, 0) is 104 Å². The molecule has 0 saturated heterocycles. The van der Waals surface area contributed by atoms with Gasteiger partial charge < -0.3 is 65.4 Å². The minimum absolute atomic E-state index is 0. The van der Waals surface area contributed by atoms with Gasteiger partial charge in [-0.2, -0.15) is 24.0 Å². The Hall–Kier alpha value is -4.90. The number of unbranched alkanes of at least 4 members (excludes halogenated alkanes) is 6. The first-order valence-corrected chi connectivity index (χ1v) is 28.3. The zero-order valence-electron chi connectivity index (χ0n) is 48.8. The van der Waals surface area contributed by atoms with Gasteiger partial charge in [0.25, 0.3) is 23.6 Å². The second-order valence-electron chi connectivity index (χ2n) is 20.5. The first kappa shape index (κ1) is 85.5. The van der Waals surface area contributed by atoms with E-state index in [2.05, 4.69) is 17.6 Å². The number of carbonyl (C=O) groups excluding carboxylic acids is 10. The molecular formula is C57H94N7O18Pt2-. The molecule has 27 heteroatoms. The number of esters is 2. The van der Waals surface area contributed by atoms with E-state index in [1.165, 1.54) is 80.4 Å². The normalized spacial score (nSPS) is 18.1. The van der Waals surface area contributed by atoms with Crippen LogP contribution in [0, 0.1) is 24.7 Å². The number of hydrogen-bond donors (Lipinski definition) is 4. The Morgan fingerprint density at radius 2 is 0.929 bits per heavy atom. The second kappa shape index (κ2) is 51.3. The number of carboxylic acid groups (broad SMARTS) is 2. The summed E-state index contributed by atoms with van der Waals surface area (Å²) >= 11 is 0. The van der Waals surface area contributed by atoms with Gasteiger partial charge >= 0.3 is 50.8 Å². The van der Waals surface area contributed by atoms with Crippen molar-refractivity contribution >= 4 is 70.9 Å². The van der Waals surface area contributed by atoms with Crippen LogP contribution < -0.4 is 10.6 Å². The second-order valence-corrected chi connectivity index (χ2v) is 20.5. The summed E-state index contributed by atoms with van der Waals surface area (Å²) in [5, 5.41) is 22.5. The Kier molecular flexibility index (Phi) is 52.3. The number of ketones is 2. The van der Waals surface area contributed by atoms with E-state index in [1.807, 2.05) is 0 Å². The molecule has 2 heterocycles. The standard InChI is InChI=1S/2C22H32N2O8.C7H13N.C6H12N2.2H2O.2Pt/c2*1-32-22(31)16(7-4-5-13-23-18(26)9-12-21(29)30)15-17(25)8-3-2-6-14-24-19(27)10-11-20(24)28;1-6-4-2-3-5-7(6)8;7-5-3-1-2-4-6(5)8;;;;/h2*10-11,16H,2-9,12-15H2,1H3,(H,23,26)(H,29,30);6-8H,1-5H2;5-8H,1-4H2;2*1H2;;/q;;2*-2;;;;+2/p+1/t;;6-,7-;5-,6-;;;;/m..11..../s1. The quantitative estimate of drug-likeness (QED) is 0.0192. The molecule has 6 amide bonds. The van der Waals surface area contributed by atoms with E-state index in [0.29, 0.717) is 122 Å².